The predicted octanol–water partition coefficient (Wildman–Crippen LogP) is 4.82. The van der Waals surface area contributed by atoms with Gasteiger partial charge in [-0.1, -0.05) is 59.2 Å². The molecule has 0 unspecified atom stereocenters. The molecule has 106 valence electrons. The number of thioether (sulfide) groups is 1. The third-order valence-corrected chi connectivity index (χ3v) is 4.15. The molecule has 0 bridgehead atoms. The second kappa shape index (κ2) is 6.78. The van der Waals surface area contributed by atoms with E-state index in [4.69, 9.17) is 16.1 Å². The SMILES string of the molecule is Clc1ccc(CSCc2nc(-c3ccccc3)no2)cc1. The predicted molar refractivity (Wildman–Crippen MR) is 86.2 cm³/mol. The quantitative estimate of drug-likeness (QED) is 0.676. The van der Waals surface area contributed by atoms with Crippen molar-refractivity contribution in [1.29, 1.82) is 0 Å². The average Bonchev–Trinajstić information content (AvgIpc) is 2.99. The maximum atomic E-state index is 5.86. The molecular formula is C16H13ClN2OS. The first-order valence-electron chi connectivity index (χ1n) is 6.51. The lowest BCUT2D eigenvalue weighted by molar-refractivity contribution is 0.391. The van der Waals surface area contributed by atoms with E-state index in [1.807, 2.05) is 54.6 Å². The van der Waals surface area contributed by atoms with E-state index in [-0.39, 0.29) is 0 Å². The van der Waals surface area contributed by atoms with Crippen LogP contribution in [-0.4, -0.2) is 10.1 Å². The molecule has 0 saturated carbocycles. The van der Waals surface area contributed by atoms with Crippen LogP contribution in [0.2, 0.25) is 5.02 Å². The van der Waals surface area contributed by atoms with E-state index in [0.29, 0.717) is 17.5 Å². The van der Waals surface area contributed by atoms with Gasteiger partial charge in [0.25, 0.3) is 0 Å². The molecule has 3 aromatic rings. The monoisotopic (exact) mass is 316 g/mol. The third-order valence-electron chi connectivity index (χ3n) is 2.91. The molecule has 0 fully saturated rings. The molecule has 0 aliphatic rings. The highest BCUT2D eigenvalue weighted by Gasteiger charge is 2.08. The van der Waals surface area contributed by atoms with Crippen molar-refractivity contribution in [3.05, 3.63) is 71.1 Å². The number of rotatable bonds is 5. The molecule has 3 rings (SSSR count). The summed E-state index contributed by atoms with van der Waals surface area (Å²) >= 11 is 7.60. The van der Waals surface area contributed by atoms with Gasteiger partial charge in [0.05, 0.1) is 5.75 Å². The zero-order valence-electron chi connectivity index (χ0n) is 11.2. The van der Waals surface area contributed by atoms with E-state index in [0.717, 1.165) is 16.3 Å². The highest BCUT2D eigenvalue weighted by Crippen LogP contribution is 2.21. The molecule has 0 spiro atoms. The molecule has 1 heterocycles. The van der Waals surface area contributed by atoms with Crippen molar-refractivity contribution in [2.45, 2.75) is 11.5 Å². The minimum absolute atomic E-state index is 0.637. The van der Waals surface area contributed by atoms with Crippen LogP contribution >= 0.6 is 23.4 Å². The van der Waals surface area contributed by atoms with Gasteiger partial charge in [0.15, 0.2) is 0 Å². The van der Waals surface area contributed by atoms with Crippen LogP contribution in [-0.2, 0) is 11.5 Å². The Morgan fingerprint density at radius 3 is 2.48 bits per heavy atom. The van der Waals surface area contributed by atoms with Gasteiger partial charge < -0.3 is 4.52 Å². The Bertz CT molecular complexity index is 698. The van der Waals surface area contributed by atoms with Crippen LogP contribution in [0, 0.1) is 0 Å². The summed E-state index contributed by atoms with van der Waals surface area (Å²) in [5.41, 5.74) is 2.20. The lowest BCUT2D eigenvalue weighted by Gasteiger charge is -1.99. The molecule has 0 aliphatic carbocycles. The number of halogens is 1. The highest BCUT2D eigenvalue weighted by atomic mass is 35.5. The first-order chi connectivity index (χ1) is 10.3. The maximum absolute atomic E-state index is 5.86. The van der Waals surface area contributed by atoms with Crippen molar-refractivity contribution in [1.82, 2.24) is 10.1 Å². The summed E-state index contributed by atoms with van der Waals surface area (Å²) in [5.74, 6) is 2.87. The van der Waals surface area contributed by atoms with Gasteiger partial charge in [-0.25, -0.2) is 0 Å². The number of hydrogen-bond acceptors (Lipinski definition) is 4. The summed E-state index contributed by atoms with van der Waals surface area (Å²) in [6, 6.07) is 17.7. The van der Waals surface area contributed by atoms with E-state index in [2.05, 4.69) is 10.1 Å². The van der Waals surface area contributed by atoms with Crippen molar-refractivity contribution < 1.29 is 4.52 Å². The summed E-state index contributed by atoms with van der Waals surface area (Å²) in [4.78, 5) is 4.41. The van der Waals surface area contributed by atoms with E-state index in [9.17, 15) is 0 Å². The summed E-state index contributed by atoms with van der Waals surface area (Å²) in [6.07, 6.45) is 0. The molecule has 0 amide bonds. The number of hydrogen-bond donors (Lipinski definition) is 0. The van der Waals surface area contributed by atoms with Crippen LogP contribution in [0.15, 0.2) is 59.1 Å². The van der Waals surface area contributed by atoms with E-state index >= 15 is 0 Å². The largest absolute Gasteiger partial charge is 0.338 e. The van der Waals surface area contributed by atoms with Gasteiger partial charge in [0.2, 0.25) is 11.7 Å². The molecule has 0 radical (unpaired) electrons. The molecule has 0 atom stereocenters. The summed E-state index contributed by atoms with van der Waals surface area (Å²) < 4.78 is 5.27. The highest BCUT2D eigenvalue weighted by molar-refractivity contribution is 7.97. The van der Waals surface area contributed by atoms with Gasteiger partial charge >= 0.3 is 0 Å². The molecular weight excluding hydrogens is 304 g/mol. The first-order valence-corrected chi connectivity index (χ1v) is 8.05. The van der Waals surface area contributed by atoms with Crippen LogP contribution in [0.5, 0.6) is 0 Å². The lowest BCUT2D eigenvalue weighted by atomic mass is 10.2. The normalized spacial score (nSPS) is 10.7. The number of benzene rings is 2. The zero-order chi connectivity index (χ0) is 14.5. The Morgan fingerprint density at radius 2 is 1.71 bits per heavy atom. The summed E-state index contributed by atoms with van der Waals surface area (Å²) in [5, 5.41) is 4.76. The van der Waals surface area contributed by atoms with Crippen molar-refractivity contribution in [3.8, 4) is 11.4 Å². The Labute approximate surface area is 132 Å². The van der Waals surface area contributed by atoms with Crippen LogP contribution in [0.4, 0.5) is 0 Å². The molecule has 0 saturated heterocycles. The molecule has 0 N–H and O–H groups in total. The Hall–Kier alpha value is -1.78. The van der Waals surface area contributed by atoms with E-state index in [1.54, 1.807) is 11.8 Å². The minimum Gasteiger partial charge on any atom is -0.338 e. The Morgan fingerprint density at radius 1 is 0.952 bits per heavy atom. The molecule has 1 aromatic heterocycles. The Kier molecular flexibility index (Phi) is 4.58. The fourth-order valence-corrected chi connectivity index (χ4v) is 2.80. The number of nitrogens with zero attached hydrogens (tertiary/aromatic N) is 2. The van der Waals surface area contributed by atoms with Crippen LogP contribution in [0.1, 0.15) is 11.5 Å². The summed E-state index contributed by atoms with van der Waals surface area (Å²) in [7, 11) is 0. The molecule has 5 heteroatoms. The first kappa shape index (κ1) is 14.2. The fourth-order valence-electron chi connectivity index (χ4n) is 1.85. The Balaban J connectivity index is 1.57. The molecule has 0 aliphatic heterocycles. The van der Waals surface area contributed by atoms with E-state index < -0.39 is 0 Å². The maximum Gasteiger partial charge on any atom is 0.236 e. The summed E-state index contributed by atoms with van der Waals surface area (Å²) in [6.45, 7) is 0. The second-order valence-corrected chi connectivity index (χ2v) is 5.92. The van der Waals surface area contributed by atoms with Crippen molar-refractivity contribution in [2.75, 3.05) is 0 Å². The van der Waals surface area contributed by atoms with Gasteiger partial charge in [-0.2, -0.15) is 4.98 Å². The smallest absolute Gasteiger partial charge is 0.236 e. The van der Waals surface area contributed by atoms with E-state index in [1.165, 1.54) is 5.56 Å². The molecule has 2 aromatic carbocycles. The van der Waals surface area contributed by atoms with Crippen LogP contribution in [0.3, 0.4) is 0 Å². The van der Waals surface area contributed by atoms with Gasteiger partial charge in [-0.15, -0.1) is 11.8 Å². The van der Waals surface area contributed by atoms with Gasteiger partial charge in [-0.3, -0.25) is 0 Å². The van der Waals surface area contributed by atoms with Gasteiger partial charge in [-0.05, 0) is 17.7 Å². The van der Waals surface area contributed by atoms with Crippen molar-refractivity contribution >= 4 is 23.4 Å². The lowest BCUT2D eigenvalue weighted by Crippen LogP contribution is -1.84. The second-order valence-electron chi connectivity index (χ2n) is 4.50. The molecule has 21 heavy (non-hydrogen) atoms. The molecule has 3 nitrogen and oxygen atoms in total. The third kappa shape index (κ3) is 3.86. The van der Waals surface area contributed by atoms with Crippen LogP contribution < -0.4 is 0 Å². The standard InChI is InChI=1S/C16H13ClN2OS/c17-14-8-6-12(7-9-14)10-21-11-15-18-16(19-20-15)13-4-2-1-3-5-13/h1-9H,10-11H2. The van der Waals surface area contributed by atoms with Crippen molar-refractivity contribution in [2.24, 2.45) is 0 Å². The average molecular weight is 317 g/mol. The van der Waals surface area contributed by atoms with Gasteiger partial charge in [0.1, 0.15) is 0 Å². The number of aromatic nitrogens is 2. The van der Waals surface area contributed by atoms with Crippen molar-refractivity contribution in [3.63, 3.8) is 0 Å². The van der Waals surface area contributed by atoms with Gasteiger partial charge in [0, 0.05) is 16.3 Å². The topological polar surface area (TPSA) is 38.9 Å². The zero-order valence-corrected chi connectivity index (χ0v) is 12.8. The fraction of sp³-hybridized carbons (Fsp3) is 0.125. The minimum atomic E-state index is 0.637. The van der Waals surface area contributed by atoms with Crippen LogP contribution in [0.25, 0.3) is 11.4 Å².